The van der Waals surface area contributed by atoms with Gasteiger partial charge in [-0.1, -0.05) is 30.3 Å². The number of β-amino-alcohol motifs (C(OH)–C–C–N with tert-alkyl or cyclic N) is 1. The lowest BCUT2D eigenvalue weighted by Crippen LogP contribution is -2.60. The number of carbonyl (C=O) groups is 1. The van der Waals surface area contributed by atoms with E-state index >= 15 is 0 Å². The number of nitrogens with zero attached hydrogens (tertiary/aromatic N) is 1. The predicted molar refractivity (Wildman–Crippen MR) is 80.5 cm³/mol. The molecule has 0 radical (unpaired) electrons. The average molecular weight is 292 g/mol. The third kappa shape index (κ3) is 3.81. The summed E-state index contributed by atoms with van der Waals surface area (Å²) in [5, 5.41) is 10.7. The maximum Gasteiger partial charge on any atom is 0.312 e. The van der Waals surface area contributed by atoms with Crippen molar-refractivity contribution < 1.29 is 14.6 Å². The van der Waals surface area contributed by atoms with E-state index in [9.17, 15) is 9.90 Å². The van der Waals surface area contributed by atoms with E-state index in [1.807, 2.05) is 18.2 Å². The van der Waals surface area contributed by atoms with E-state index in [2.05, 4.69) is 17.0 Å². The van der Waals surface area contributed by atoms with Gasteiger partial charge in [-0.05, 0) is 25.5 Å². The van der Waals surface area contributed by atoms with Crippen molar-refractivity contribution in [1.29, 1.82) is 0 Å². The number of nitrogens with two attached hydrogens (primary N) is 1. The lowest BCUT2D eigenvalue weighted by molar-refractivity contribution is -0.164. The van der Waals surface area contributed by atoms with Crippen molar-refractivity contribution in [3.05, 3.63) is 35.9 Å². The summed E-state index contributed by atoms with van der Waals surface area (Å²) in [6.07, 6.45) is 0.569. The molecule has 1 aromatic carbocycles. The topological polar surface area (TPSA) is 75.8 Å². The lowest BCUT2D eigenvalue weighted by atomic mass is 9.81. The van der Waals surface area contributed by atoms with Gasteiger partial charge in [0.2, 0.25) is 0 Å². The van der Waals surface area contributed by atoms with Crippen LogP contribution in [0.15, 0.2) is 30.3 Å². The van der Waals surface area contributed by atoms with Crippen LogP contribution in [0.1, 0.15) is 18.9 Å². The second kappa shape index (κ2) is 7.02. The number of ether oxygens (including phenoxy) is 1. The third-order valence-corrected chi connectivity index (χ3v) is 4.05. The smallest absolute Gasteiger partial charge is 0.312 e. The fourth-order valence-corrected chi connectivity index (χ4v) is 2.92. The zero-order valence-corrected chi connectivity index (χ0v) is 12.5. The molecule has 1 fully saturated rings. The number of hydrogen-bond acceptors (Lipinski definition) is 5. The number of rotatable bonds is 5. The van der Waals surface area contributed by atoms with Crippen molar-refractivity contribution in [3.63, 3.8) is 0 Å². The van der Waals surface area contributed by atoms with Crippen LogP contribution in [-0.2, 0) is 16.1 Å². The highest BCUT2D eigenvalue weighted by molar-refractivity contribution is 5.74. The molecule has 2 rings (SSSR count). The van der Waals surface area contributed by atoms with Crippen LogP contribution in [-0.4, -0.2) is 47.8 Å². The van der Waals surface area contributed by atoms with Gasteiger partial charge in [-0.2, -0.15) is 0 Å². The average Bonchev–Trinajstić information content (AvgIpc) is 2.48. The number of hydrogen-bond donors (Lipinski definition) is 2. The van der Waals surface area contributed by atoms with Crippen LogP contribution in [0, 0.1) is 5.92 Å². The van der Waals surface area contributed by atoms with Gasteiger partial charge < -0.3 is 15.6 Å². The van der Waals surface area contributed by atoms with Crippen LogP contribution in [0.5, 0.6) is 0 Å². The number of carbonyl (C=O) groups excluding carboxylic acids is 1. The van der Waals surface area contributed by atoms with Crippen molar-refractivity contribution in [3.8, 4) is 0 Å². The van der Waals surface area contributed by atoms with Crippen molar-refractivity contribution in [1.82, 2.24) is 4.90 Å². The maximum absolute atomic E-state index is 12.0. The van der Waals surface area contributed by atoms with Crippen molar-refractivity contribution in [2.45, 2.75) is 25.5 Å². The van der Waals surface area contributed by atoms with Crippen LogP contribution in [0.25, 0.3) is 0 Å². The molecular weight excluding hydrogens is 268 g/mol. The summed E-state index contributed by atoms with van der Waals surface area (Å²) < 4.78 is 5.06. The van der Waals surface area contributed by atoms with Gasteiger partial charge in [0.15, 0.2) is 0 Å². The van der Waals surface area contributed by atoms with Crippen LogP contribution in [0.4, 0.5) is 0 Å². The Hall–Kier alpha value is -1.43. The van der Waals surface area contributed by atoms with E-state index in [1.165, 1.54) is 5.56 Å². The first kappa shape index (κ1) is 15.9. The van der Waals surface area contributed by atoms with Crippen LogP contribution < -0.4 is 5.73 Å². The molecule has 0 spiro atoms. The molecule has 5 nitrogen and oxygen atoms in total. The molecule has 21 heavy (non-hydrogen) atoms. The van der Waals surface area contributed by atoms with Gasteiger partial charge >= 0.3 is 5.97 Å². The molecule has 1 aromatic rings. The number of esters is 1. The molecule has 0 aromatic heterocycles. The molecule has 5 heteroatoms. The molecular formula is C16H24N2O3. The summed E-state index contributed by atoms with van der Waals surface area (Å²) in [5.41, 5.74) is 5.71. The van der Waals surface area contributed by atoms with Crippen molar-refractivity contribution in [2.75, 3.05) is 26.2 Å². The van der Waals surface area contributed by atoms with Crippen LogP contribution in [0.2, 0.25) is 0 Å². The largest absolute Gasteiger partial charge is 0.466 e. The zero-order chi connectivity index (χ0) is 15.3. The Morgan fingerprint density at radius 3 is 2.81 bits per heavy atom. The summed E-state index contributed by atoms with van der Waals surface area (Å²) >= 11 is 0. The molecule has 0 amide bonds. The van der Waals surface area contributed by atoms with Crippen LogP contribution in [0.3, 0.4) is 0 Å². The molecule has 0 aliphatic carbocycles. The molecule has 1 aliphatic rings. The summed E-state index contributed by atoms with van der Waals surface area (Å²) in [7, 11) is 0. The van der Waals surface area contributed by atoms with Crippen molar-refractivity contribution >= 4 is 5.97 Å². The number of benzene rings is 1. The summed E-state index contributed by atoms with van der Waals surface area (Å²) in [6.45, 7) is 4.04. The standard InChI is InChI=1S/C16H24N2O3/c1-2-21-15(19)14-8-9-18(12-16(14,20)11-17)10-13-6-4-3-5-7-13/h3-7,14,20H,2,8-12,17H2,1H3/t14-,16+/m0/s1. The van der Waals surface area contributed by atoms with Gasteiger partial charge in [0.05, 0.1) is 12.5 Å². The Labute approximate surface area is 125 Å². The lowest BCUT2D eigenvalue weighted by Gasteiger charge is -2.43. The molecule has 1 aliphatic heterocycles. The maximum atomic E-state index is 12.0. The molecule has 0 saturated carbocycles. The van der Waals surface area contributed by atoms with E-state index in [4.69, 9.17) is 10.5 Å². The Balaban J connectivity index is 2.03. The van der Waals surface area contributed by atoms with Gasteiger partial charge in [-0.25, -0.2) is 0 Å². The molecule has 1 saturated heterocycles. The number of aliphatic hydroxyl groups is 1. The van der Waals surface area contributed by atoms with Gasteiger partial charge in [-0.3, -0.25) is 9.69 Å². The van der Waals surface area contributed by atoms with Crippen molar-refractivity contribution in [2.24, 2.45) is 11.7 Å². The Morgan fingerprint density at radius 1 is 1.48 bits per heavy atom. The van der Waals surface area contributed by atoms with Gasteiger partial charge in [-0.15, -0.1) is 0 Å². The first-order valence-electron chi connectivity index (χ1n) is 7.44. The molecule has 1 heterocycles. The monoisotopic (exact) mass is 292 g/mol. The molecule has 116 valence electrons. The minimum absolute atomic E-state index is 0.0573. The van der Waals surface area contributed by atoms with Gasteiger partial charge in [0.25, 0.3) is 0 Å². The van der Waals surface area contributed by atoms with E-state index in [0.717, 1.165) is 13.1 Å². The summed E-state index contributed by atoms with van der Waals surface area (Å²) in [6, 6.07) is 10.1. The third-order valence-electron chi connectivity index (χ3n) is 4.05. The Morgan fingerprint density at radius 2 is 2.19 bits per heavy atom. The number of likely N-dealkylation sites (tertiary alicyclic amines) is 1. The van der Waals surface area contributed by atoms with Gasteiger partial charge in [0.1, 0.15) is 5.60 Å². The predicted octanol–water partition coefficient (Wildman–Crippen LogP) is 0.761. The second-order valence-corrected chi connectivity index (χ2v) is 5.60. The Kier molecular flexibility index (Phi) is 5.33. The highest BCUT2D eigenvalue weighted by atomic mass is 16.5. The summed E-state index contributed by atoms with van der Waals surface area (Å²) in [5.74, 6) is -0.876. The SMILES string of the molecule is CCOC(=O)[C@@H]1CCN(Cc2ccccc2)C[C@]1(O)CN. The first-order valence-corrected chi connectivity index (χ1v) is 7.44. The number of piperidine rings is 1. The highest BCUT2D eigenvalue weighted by Gasteiger charge is 2.45. The quantitative estimate of drug-likeness (QED) is 0.784. The first-order chi connectivity index (χ1) is 10.1. The molecule has 3 N–H and O–H groups in total. The van der Waals surface area contributed by atoms with Gasteiger partial charge in [0, 0.05) is 19.6 Å². The fraction of sp³-hybridized carbons (Fsp3) is 0.562. The molecule has 0 unspecified atom stereocenters. The van der Waals surface area contributed by atoms with E-state index in [0.29, 0.717) is 19.6 Å². The van der Waals surface area contributed by atoms with E-state index in [1.54, 1.807) is 6.92 Å². The molecule has 2 atom stereocenters. The fourth-order valence-electron chi connectivity index (χ4n) is 2.92. The van der Waals surface area contributed by atoms with E-state index in [-0.39, 0.29) is 12.5 Å². The normalized spacial score (nSPS) is 26.5. The van der Waals surface area contributed by atoms with Crippen LogP contribution >= 0.6 is 0 Å². The van der Waals surface area contributed by atoms with E-state index < -0.39 is 11.5 Å². The zero-order valence-electron chi connectivity index (χ0n) is 12.5. The minimum Gasteiger partial charge on any atom is -0.466 e. The molecule has 0 bridgehead atoms. The Bertz CT molecular complexity index is 466. The second-order valence-electron chi connectivity index (χ2n) is 5.60. The highest BCUT2D eigenvalue weighted by Crippen LogP contribution is 2.29. The minimum atomic E-state index is -1.21. The summed E-state index contributed by atoms with van der Waals surface area (Å²) in [4.78, 5) is 14.1.